The molecule has 0 atom stereocenters. The summed E-state index contributed by atoms with van der Waals surface area (Å²) in [5.74, 6) is 1.54. The first-order chi connectivity index (χ1) is 15.5. The quantitative estimate of drug-likeness (QED) is 0.612. The van der Waals surface area contributed by atoms with Crippen molar-refractivity contribution in [1.82, 2.24) is 9.80 Å². The molecule has 0 aromatic heterocycles. The van der Waals surface area contributed by atoms with Gasteiger partial charge in [-0.25, -0.2) is 0 Å². The van der Waals surface area contributed by atoms with Crippen LogP contribution < -0.4 is 9.47 Å². The highest BCUT2D eigenvalue weighted by molar-refractivity contribution is 6.42. The van der Waals surface area contributed by atoms with Crippen LogP contribution in [-0.2, 0) is 11.3 Å². The van der Waals surface area contributed by atoms with Gasteiger partial charge in [0.2, 0.25) is 5.78 Å². The monoisotopic (exact) mass is 474 g/mol. The lowest BCUT2D eigenvalue weighted by Gasteiger charge is -2.33. The van der Waals surface area contributed by atoms with Crippen LogP contribution in [0, 0.1) is 6.92 Å². The molecule has 168 valence electrons. The normalized spacial score (nSPS) is 20.1. The molecule has 32 heavy (non-hydrogen) atoms. The van der Waals surface area contributed by atoms with Gasteiger partial charge in [-0.05, 0) is 42.3 Å². The maximum Gasteiger partial charge on any atom is 0.232 e. The standard InChI is InChI=1S/C24H24Cl2N2O4/c1-15-10-20-17(13-28(14-31-20)5-4-27-6-8-30-9-7-27)24-22(15)23(29)21(32-24)12-16-2-3-18(25)19(26)11-16/h2-3,10-12H,4-9,13-14H2,1H3/b21-12-. The molecule has 0 spiro atoms. The Labute approximate surface area is 197 Å². The molecule has 0 bridgehead atoms. The number of ether oxygens (including phenoxy) is 3. The molecule has 0 saturated carbocycles. The fourth-order valence-electron chi connectivity index (χ4n) is 4.28. The Bertz CT molecular complexity index is 1100. The number of rotatable bonds is 4. The summed E-state index contributed by atoms with van der Waals surface area (Å²) in [7, 11) is 0. The van der Waals surface area contributed by atoms with E-state index in [1.54, 1.807) is 24.3 Å². The molecule has 0 unspecified atom stereocenters. The van der Waals surface area contributed by atoms with Crippen LogP contribution in [0.1, 0.15) is 27.0 Å². The van der Waals surface area contributed by atoms with E-state index < -0.39 is 0 Å². The lowest BCUT2D eigenvalue weighted by Crippen LogP contribution is -2.43. The summed E-state index contributed by atoms with van der Waals surface area (Å²) in [6.07, 6.45) is 1.70. The van der Waals surface area contributed by atoms with E-state index in [0.29, 0.717) is 34.6 Å². The number of hydrogen-bond acceptors (Lipinski definition) is 6. The minimum Gasteiger partial charge on any atom is -0.478 e. The average Bonchev–Trinajstić information content (AvgIpc) is 3.12. The lowest BCUT2D eigenvalue weighted by molar-refractivity contribution is 0.0239. The Kier molecular flexibility index (Phi) is 6.14. The molecule has 1 fully saturated rings. The number of hydrogen-bond donors (Lipinski definition) is 0. The van der Waals surface area contributed by atoms with E-state index in [1.165, 1.54) is 0 Å². The molecule has 3 heterocycles. The van der Waals surface area contributed by atoms with E-state index >= 15 is 0 Å². The van der Waals surface area contributed by atoms with Gasteiger partial charge in [-0.1, -0.05) is 29.3 Å². The molecule has 0 amide bonds. The van der Waals surface area contributed by atoms with Crippen molar-refractivity contribution in [2.24, 2.45) is 0 Å². The van der Waals surface area contributed by atoms with Gasteiger partial charge < -0.3 is 14.2 Å². The number of halogens is 2. The number of carbonyl (C=O) groups is 1. The smallest absolute Gasteiger partial charge is 0.232 e. The van der Waals surface area contributed by atoms with E-state index in [9.17, 15) is 4.79 Å². The Morgan fingerprint density at radius 3 is 2.62 bits per heavy atom. The molecule has 2 aromatic rings. The molecule has 5 rings (SSSR count). The van der Waals surface area contributed by atoms with Crippen LogP contribution in [-0.4, -0.2) is 61.7 Å². The minimum absolute atomic E-state index is 0.128. The lowest BCUT2D eigenvalue weighted by atomic mass is 9.98. The third-order valence-corrected chi connectivity index (χ3v) is 6.80. The number of carbonyl (C=O) groups excluding carboxylic acids is 1. The van der Waals surface area contributed by atoms with Crippen molar-refractivity contribution >= 4 is 35.1 Å². The highest BCUT2D eigenvalue weighted by atomic mass is 35.5. The third-order valence-electron chi connectivity index (χ3n) is 6.07. The van der Waals surface area contributed by atoms with E-state index in [4.69, 9.17) is 37.4 Å². The highest BCUT2D eigenvalue weighted by Crippen LogP contribution is 2.44. The second-order valence-electron chi connectivity index (χ2n) is 8.27. The van der Waals surface area contributed by atoms with Crippen molar-refractivity contribution in [3.8, 4) is 11.5 Å². The maximum atomic E-state index is 13.1. The fraction of sp³-hybridized carbons (Fsp3) is 0.375. The SMILES string of the molecule is Cc1cc2c(c3c1C(=O)/C(=C/c1ccc(Cl)c(Cl)c1)O3)CN(CCN1CCOCC1)CO2. The van der Waals surface area contributed by atoms with Crippen molar-refractivity contribution in [1.29, 1.82) is 0 Å². The van der Waals surface area contributed by atoms with Gasteiger partial charge in [-0.15, -0.1) is 0 Å². The molecule has 8 heteroatoms. The summed E-state index contributed by atoms with van der Waals surface area (Å²) in [4.78, 5) is 17.8. The van der Waals surface area contributed by atoms with E-state index in [2.05, 4.69) is 9.80 Å². The number of fused-ring (bicyclic) bond motifs is 3. The first kappa shape index (κ1) is 21.7. The molecule has 2 aromatic carbocycles. The Hall–Kier alpha value is -2.09. The van der Waals surface area contributed by atoms with Gasteiger partial charge in [0, 0.05) is 32.7 Å². The van der Waals surface area contributed by atoms with Crippen LogP contribution in [0.25, 0.3) is 6.08 Å². The zero-order valence-corrected chi connectivity index (χ0v) is 19.3. The molecule has 1 saturated heterocycles. The molecular formula is C24H24Cl2N2O4. The minimum atomic E-state index is -0.128. The Morgan fingerprint density at radius 1 is 1.06 bits per heavy atom. The highest BCUT2D eigenvalue weighted by Gasteiger charge is 2.35. The molecule has 3 aliphatic rings. The van der Waals surface area contributed by atoms with Crippen LogP contribution in [0.15, 0.2) is 30.0 Å². The van der Waals surface area contributed by atoms with E-state index in [0.717, 1.165) is 61.8 Å². The molecular weight excluding hydrogens is 451 g/mol. The zero-order chi connectivity index (χ0) is 22.2. The van der Waals surface area contributed by atoms with Gasteiger partial charge >= 0.3 is 0 Å². The van der Waals surface area contributed by atoms with Crippen LogP contribution in [0.5, 0.6) is 11.5 Å². The van der Waals surface area contributed by atoms with Crippen molar-refractivity contribution < 1.29 is 19.0 Å². The summed E-state index contributed by atoms with van der Waals surface area (Å²) in [6.45, 7) is 8.44. The van der Waals surface area contributed by atoms with Crippen LogP contribution in [0.2, 0.25) is 10.0 Å². The first-order valence-electron chi connectivity index (χ1n) is 10.7. The maximum absolute atomic E-state index is 13.1. The fourth-order valence-corrected chi connectivity index (χ4v) is 4.59. The molecule has 3 aliphatic heterocycles. The second-order valence-corrected chi connectivity index (χ2v) is 9.08. The Morgan fingerprint density at radius 2 is 1.84 bits per heavy atom. The van der Waals surface area contributed by atoms with Gasteiger partial charge in [-0.3, -0.25) is 14.6 Å². The third kappa shape index (κ3) is 4.26. The summed E-state index contributed by atoms with van der Waals surface area (Å²) in [5.41, 5.74) is 3.13. The van der Waals surface area contributed by atoms with Crippen molar-refractivity contribution in [3.05, 3.63) is 62.3 Å². The largest absolute Gasteiger partial charge is 0.478 e. The number of ketones is 1. The van der Waals surface area contributed by atoms with Gasteiger partial charge in [-0.2, -0.15) is 0 Å². The second kappa shape index (κ2) is 9.04. The average molecular weight is 475 g/mol. The predicted octanol–water partition coefficient (Wildman–Crippen LogP) is 4.40. The summed E-state index contributed by atoms with van der Waals surface area (Å²) in [6, 6.07) is 7.17. The molecule has 0 radical (unpaired) electrons. The summed E-state index contributed by atoms with van der Waals surface area (Å²) in [5, 5.41) is 0.900. The summed E-state index contributed by atoms with van der Waals surface area (Å²) >= 11 is 12.1. The van der Waals surface area contributed by atoms with Crippen LogP contribution >= 0.6 is 23.2 Å². The molecule has 0 aliphatic carbocycles. The molecule has 6 nitrogen and oxygen atoms in total. The van der Waals surface area contributed by atoms with Gasteiger partial charge in [0.25, 0.3) is 0 Å². The number of allylic oxidation sites excluding steroid dienone is 1. The summed E-state index contributed by atoms with van der Waals surface area (Å²) < 4.78 is 17.6. The molecule has 0 N–H and O–H groups in total. The zero-order valence-electron chi connectivity index (χ0n) is 17.8. The number of benzene rings is 2. The van der Waals surface area contributed by atoms with Crippen molar-refractivity contribution in [2.75, 3.05) is 46.1 Å². The number of nitrogens with zero attached hydrogens (tertiary/aromatic N) is 2. The van der Waals surface area contributed by atoms with Gasteiger partial charge in [0.05, 0.1) is 34.4 Å². The predicted molar refractivity (Wildman–Crippen MR) is 124 cm³/mol. The van der Waals surface area contributed by atoms with E-state index in [-0.39, 0.29) is 11.5 Å². The van der Waals surface area contributed by atoms with E-state index in [1.807, 2.05) is 13.0 Å². The van der Waals surface area contributed by atoms with Crippen molar-refractivity contribution in [3.63, 3.8) is 0 Å². The van der Waals surface area contributed by atoms with Gasteiger partial charge in [0.15, 0.2) is 5.76 Å². The Balaban J connectivity index is 1.38. The van der Waals surface area contributed by atoms with Crippen LogP contribution in [0.3, 0.4) is 0 Å². The topological polar surface area (TPSA) is 51.2 Å². The first-order valence-corrected chi connectivity index (χ1v) is 11.5. The van der Waals surface area contributed by atoms with Crippen LogP contribution in [0.4, 0.5) is 0 Å². The van der Waals surface area contributed by atoms with Crippen molar-refractivity contribution in [2.45, 2.75) is 13.5 Å². The number of morpholine rings is 1. The van der Waals surface area contributed by atoms with Gasteiger partial charge in [0.1, 0.15) is 18.2 Å². The number of Topliss-reactive ketones (excluding diaryl/α,β-unsaturated/α-hetero) is 1. The number of aryl methyl sites for hydroxylation is 1.